The van der Waals surface area contributed by atoms with Crippen LogP contribution in [0.4, 0.5) is 4.39 Å². The van der Waals surface area contributed by atoms with Crippen LogP contribution in [0, 0.1) is 11.7 Å². The molecule has 0 saturated carbocycles. The van der Waals surface area contributed by atoms with Gasteiger partial charge >= 0.3 is 0 Å². The maximum absolute atomic E-state index is 13.6. The molecule has 0 aromatic heterocycles. The van der Waals surface area contributed by atoms with Crippen molar-refractivity contribution in [3.8, 4) is 0 Å². The number of hydrogen-bond acceptors (Lipinski definition) is 3. The number of rotatable bonds is 5. The Kier molecular flexibility index (Phi) is 5.11. The molecule has 1 aromatic carbocycles. The van der Waals surface area contributed by atoms with Crippen LogP contribution < -0.4 is 5.73 Å². The van der Waals surface area contributed by atoms with E-state index in [1.54, 1.807) is 18.2 Å². The predicted octanol–water partition coefficient (Wildman–Crippen LogP) is 2.27. The van der Waals surface area contributed by atoms with E-state index in [0.717, 1.165) is 26.1 Å². The second-order valence-electron chi connectivity index (χ2n) is 4.63. The molecule has 1 aliphatic heterocycles. The predicted molar refractivity (Wildman–Crippen MR) is 67.7 cm³/mol. The Labute approximate surface area is 107 Å². The van der Waals surface area contributed by atoms with E-state index >= 15 is 0 Å². The average molecular weight is 253 g/mol. The van der Waals surface area contributed by atoms with Crippen molar-refractivity contribution in [3.05, 3.63) is 35.6 Å². The molecular weight excluding hydrogens is 233 g/mol. The van der Waals surface area contributed by atoms with Crippen LogP contribution in [0.3, 0.4) is 0 Å². The molecule has 1 unspecified atom stereocenters. The fourth-order valence-corrected chi connectivity index (χ4v) is 2.19. The van der Waals surface area contributed by atoms with Crippen LogP contribution in [0.2, 0.25) is 0 Å². The smallest absolute Gasteiger partial charge is 0.129 e. The Balaban J connectivity index is 1.91. The van der Waals surface area contributed by atoms with Crippen molar-refractivity contribution in [2.75, 3.05) is 26.4 Å². The van der Waals surface area contributed by atoms with Gasteiger partial charge in [0.2, 0.25) is 0 Å². The first-order valence-corrected chi connectivity index (χ1v) is 6.45. The van der Waals surface area contributed by atoms with Gasteiger partial charge in [-0.15, -0.1) is 0 Å². The van der Waals surface area contributed by atoms with E-state index in [-0.39, 0.29) is 11.9 Å². The molecule has 1 aliphatic rings. The fraction of sp³-hybridized carbons (Fsp3) is 0.571. The van der Waals surface area contributed by atoms with Crippen LogP contribution in [-0.2, 0) is 9.47 Å². The van der Waals surface area contributed by atoms with Crippen LogP contribution in [0.15, 0.2) is 24.3 Å². The minimum Gasteiger partial charge on any atom is -0.381 e. The van der Waals surface area contributed by atoms with Gasteiger partial charge in [0.15, 0.2) is 0 Å². The molecule has 0 radical (unpaired) electrons. The highest BCUT2D eigenvalue weighted by Gasteiger charge is 2.19. The summed E-state index contributed by atoms with van der Waals surface area (Å²) in [5.74, 6) is 0.250. The maximum atomic E-state index is 13.6. The zero-order valence-corrected chi connectivity index (χ0v) is 10.5. The van der Waals surface area contributed by atoms with Gasteiger partial charge < -0.3 is 15.2 Å². The summed E-state index contributed by atoms with van der Waals surface area (Å²) in [5, 5.41) is 0. The van der Waals surface area contributed by atoms with E-state index in [1.165, 1.54) is 6.07 Å². The molecule has 0 spiro atoms. The average Bonchev–Trinajstić information content (AvgIpc) is 2.42. The standard InChI is InChI=1S/C14H20FNO2/c15-13-4-2-1-3-12(13)14(9-16)18-10-11-5-7-17-8-6-11/h1-4,11,14H,5-10,16H2. The van der Waals surface area contributed by atoms with E-state index in [9.17, 15) is 4.39 Å². The van der Waals surface area contributed by atoms with Crippen molar-refractivity contribution in [2.24, 2.45) is 11.7 Å². The van der Waals surface area contributed by atoms with Crippen molar-refractivity contribution >= 4 is 0 Å². The molecular formula is C14H20FNO2. The molecule has 0 aliphatic carbocycles. The van der Waals surface area contributed by atoms with Gasteiger partial charge in [0, 0.05) is 25.3 Å². The van der Waals surface area contributed by atoms with Gasteiger partial charge in [-0.1, -0.05) is 18.2 Å². The van der Waals surface area contributed by atoms with Crippen LogP contribution in [-0.4, -0.2) is 26.4 Å². The molecule has 0 amide bonds. The molecule has 18 heavy (non-hydrogen) atoms. The van der Waals surface area contributed by atoms with E-state index in [0.29, 0.717) is 24.6 Å². The van der Waals surface area contributed by atoms with Gasteiger partial charge in [-0.25, -0.2) is 4.39 Å². The van der Waals surface area contributed by atoms with E-state index in [2.05, 4.69) is 0 Å². The largest absolute Gasteiger partial charge is 0.381 e. The summed E-state index contributed by atoms with van der Waals surface area (Å²) in [6.45, 7) is 2.51. The Hall–Kier alpha value is -0.970. The van der Waals surface area contributed by atoms with Gasteiger partial charge in [0.05, 0.1) is 12.7 Å². The molecule has 2 N–H and O–H groups in total. The summed E-state index contributed by atoms with van der Waals surface area (Å²) in [4.78, 5) is 0. The summed E-state index contributed by atoms with van der Waals surface area (Å²) >= 11 is 0. The Morgan fingerprint density at radius 2 is 2.06 bits per heavy atom. The number of halogens is 1. The minimum absolute atomic E-state index is 0.250. The van der Waals surface area contributed by atoms with Crippen molar-refractivity contribution in [1.82, 2.24) is 0 Å². The SMILES string of the molecule is NCC(OCC1CCOCC1)c1ccccc1F. The second-order valence-corrected chi connectivity index (χ2v) is 4.63. The van der Waals surface area contributed by atoms with Crippen molar-refractivity contribution < 1.29 is 13.9 Å². The molecule has 1 atom stereocenters. The van der Waals surface area contributed by atoms with Gasteiger partial charge in [-0.05, 0) is 24.8 Å². The van der Waals surface area contributed by atoms with Crippen LogP contribution in [0.5, 0.6) is 0 Å². The number of nitrogens with two attached hydrogens (primary N) is 1. The van der Waals surface area contributed by atoms with Crippen molar-refractivity contribution in [1.29, 1.82) is 0 Å². The summed E-state index contributed by atoms with van der Waals surface area (Å²) < 4.78 is 24.7. The van der Waals surface area contributed by atoms with E-state index < -0.39 is 0 Å². The van der Waals surface area contributed by atoms with Gasteiger partial charge in [-0.2, -0.15) is 0 Å². The highest BCUT2D eigenvalue weighted by atomic mass is 19.1. The summed E-state index contributed by atoms with van der Waals surface area (Å²) in [5.41, 5.74) is 6.22. The molecule has 3 nitrogen and oxygen atoms in total. The zero-order valence-electron chi connectivity index (χ0n) is 10.5. The van der Waals surface area contributed by atoms with Crippen molar-refractivity contribution in [2.45, 2.75) is 18.9 Å². The van der Waals surface area contributed by atoms with Gasteiger partial charge in [0.25, 0.3) is 0 Å². The minimum atomic E-state index is -0.353. The molecule has 1 fully saturated rings. The lowest BCUT2D eigenvalue weighted by Gasteiger charge is -2.25. The van der Waals surface area contributed by atoms with Gasteiger partial charge in [-0.3, -0.25) is 0 Å². The molecule has 100 valence electrons. The molecule has 1 saturated heterocycles. The lowest BCUT2D eigenvalue weighted by Crippen LogP contribution is -2.24. The van der Waals surface area contributed by atoms with Gasteiger partial charge in [0.1, 0.15) is 5.82 Å². The lowest BCUT2D eigenvalue weighted by atomic mass is 10.0. The second kappa shape index (κ2) is 6.83. The maximum Gasteiger partial charge on any atom is 0.129 e. The van der Waals surface area contributed by atoms with Crippen LogP contribution in [0.25, 0.3) is 0 Å². The lowest BCUT2D eigenvalue weighted by molar-refractivity contribution is -0.00976. The molecule has 1 heterocycles. The Morgan fingerprint density at radius 1 is 1.33 bits per heavy atom. The monoisotopic (exact) mass is 253 g/mol. The molecule has 0 bridgehead atoms. The normalized spacial score (nSPS) is 18.8. The summed E-state index contributed by atoms with van der Waals surface area (Å²) in [6.07, 6.45) is 1.66. The third-order valence-corrected chi connectivity index (χ3v) is 3.34. The first kappa shape index (κ1) is 13.5. The Bertz CT molecular complexity index is 367. The highest BCUT2D eigenvalue weighted by molar-refractivity contribution is 5.20. The topological polar surface area (TPSA) is 44.5 Å². The molecule has 4 heteroatoms. The summed E-state index contributed by atoms with van der Waals surface area (Å²) in [6, 6.07) is 6.65. The first-order chi connectivity index (χ1) is 8.81. The van der Waals surface area contributed by atoms with Crippen molar-refractivity contribution in [3.63, 3.8) is 0 Å². The van der Waals surface area contributed by atoms with E-state index in [4.69, 9.17) is 15.2 Å². The number of hydrogen-bond donors (Lipinski definition) is 1. The van der Waals surface area contributed by atoms with E-state index in [1.807, 2.05) is 0 Å². The van der Waals surface area contributed by atoms with Crippen LogP contribution >= 0.6 is 0 Å². The number of ether oxygens (including phenoxy) is 2. The Morgan fingerprint density at radius 3 is 2.72 bits per heavy atom. The third-order valence-electron chi connectivity index (χ3n) is 3.34. The zero-order chi connectivity index (χ0) is 12.8. The molecule has 2 rings (SSSR count). The highest BCUT2D eigenvalue weighted by Crippen LogP contribution is 2.22. The first-order valence-electron chi connectivity index (χ1n) is 6.45. The quantitative estimate of drug-likeness (QED) is 0.875. The fourth-order valence-electron chi connectivity index (χ4n) is 2.19. The number of benzene rings is 1. The third kappa shape index (κ3) is 3.51. The van der Waals surface area contributed by atoms with Crippen LogP contribution in [0.1, 0.15) is 24.5 Å². The molecule has 1 aromatic rings. The summed E-state index contributed by atoms with van der Waals surface area (Å²) in [7, 11) is 0.